The summed E-state index contributed by atoms with van der Waals surface area (Å²) in [7, 11) is -3.62. The number of halogens is 1. The number of hydrogen-bond donors (Lipinski definition) is 1. The first kappa shape index (κ1) is 19.6. The van der Waals surface area contributed by atoms with Crippen LogP contribution in [0.4, 0.5) is 11.5 Å². The lowest BCUT2D eigenvalue weighted by atomic mass is 10.0. The Morgan fingerprint density at radius 3 is 2.71 bits per heavy atom. The fourth-order valence-corrected chi connectivity index (χ4v) is 6.83. The highest BCUT2D eigenvalue weighted by Crippen LogP contribution is 2.39. The van der Waals surface area contributed by atoms with Crippen molar-refractivity contribution < 1.29 is 8.42 Å². The van der Waals surface area contributed by atoms with Crippen molar-refractivity contribution in [2.45, 2.75) is 31.6 Å². The molecule has 3 heterocycles. The number of rotatable bonds is 4. The standard InChI is InChI=1S/C19H21ClN4O2S2/c1-12-6-8-24(9-7-12)28(25,26)17-13(2)27-19-16(17)18(21-11-22-19)23-15-5-3-4-14(20)10-15/h3-5,10-12H,6-9H2,1-2H3,(H,21,22,23). The van der Waals surface area contributed by atoms with Crippen LogP contribution in [0.3, 0.4) is 0 Å². The number of anilines is 2. The molecule has 1 N–H and O–H groups in total. The van der Waals surface area contributed by atoms with Gasteiger partial charge in [-0.05, 0) is 43.9 Å². The number of hydrogen-bond acceptors (Lipinski definition) is 6. The lowest BCUT2D eigenvalue weighted by Crippen LogP contribution is -2.38. The van der Waals surface area contributed by atoms with Gasteiger partial charge < -0.3 is 5.32 Å². The van der Waals surface area contributed by atoms with Gasteiger partial charge in [-0.2, -0.15) is 4.31 Å². The molecule has 1 fully saturated rings. The van der Waals surface area contributed by atoms with E-state index in [4.69, 9.17) is 11.6 Å². The van der Waals surface area contributed by atoms with Crippen LogP contribution in [0.1, 0.15) is 24.6 Å². The van der Waals surface area contributed by atoms with E-state index in [1.807, 2.05) is 19.1 Å². The SMILES string of the molecule is Cc1sc2ncnc(Nc3cccc(Cl)c3)c2c1S(=O)(=O)N1CCC(C)CC1. The number of thiophene rings is 1. The fourth-order valence-electron chi connectivity index (χ4n) is 3.48. The number of sulfonamides is 1. The summed E-state index contributed by atoms with van der Waals surface area (Å²) in [6, 6.07) is 7.24. The van der Waals surface area contributed by atoms with Crippen LogP contribution in [0.5, 0.6) is 0 Å². The van der Waals surface area contributed by atoms with Crippen molar-refractivity contribution in [3.63, 3.8) is 0 Å². The molecule has 148 valence electrons. The third kappa shape index (κ3) is 3.61. The summed E-state index contributed by atoms with van der Waals surface area (Å²) in [6.07, 6.45) is 3.21. The van der Waals surface area contributed by atoms with Gasteiger partial charge in [0.2, 0.25) is 10.0 Å². The maximum absolute atomic E-state index is 13.5. The molecule has 0 radical (unpaired) electrons. The Balaban J connectivity index is 1.81. The summed E-state index contributed by atoms with van der Waals surface area (Å²) in [5.74, 6) is 1.02. The Bertz CT molecular complexity index is 1120. The van der Waals surface area contributed by atoms with Crippen LogP contribution in [-0.4, -0.2) is 35.8 Å². The number of nitrogens with one attached hydrogen (secondary N) is 1. The number of nitrogens with zero attached hydrogens (tertiary/aromatic N) is 3. The zero-order chi connectivity index (χ0) is 19.9. The molecule has 0 aliphatic carbocycles. The van der Waals surface area contributed by atoms with Crippen LogP contribution in [0.25, 0.3) is 10.2 Å². The molecule has 1 aromatic carbocycles. The summed E-state index contributed by atoms with van der Waals surface area (Å²) in [5, 5.41) is 4.35. The minimum Gasteiger partial charge on any atom is -0.340 e. The Kier molecular flexibility index (Phi) is 5.30. The first-order valence-electron chi connectivity index (χ1n) is 9.13. The molecule has 0 saturated carbocycles. The van der Waals surface area contributed by atoms with Crippen molar-refractivity contribution in [3.8, 4) is 0 Å². The number of aromatic nitrogens is 2. The highest BCUT2D eigenvalue weighted by molar-refractivity contribution is 7.89. The van der Waals surface area contributed by atoms with E-state index in [1.54, 1.807) is 16.4 Å². The predicted octanol–water partition coefficient (Wildman–Crippen LogP) is 4.82. The van der Waals surface area contributed by atoms with E-state index >= 15 is 0 Å². The Hall–Kier alpha value is -1.74. The van der Waals surface area contributed by atoms with Crippen molar-refractivity contribution in [2.75, 3.05) is 18.4 Å². The molecule has 0 unspecified atom stereocenters. The van der Waals surface area contributed by atoms with Gasteiger partial charge in [-0.15, -0.1) is 11.3 Å². The smallest absolute Gasteiger partial charge is 0.244 e. The van der Waals surface area contributed by atoms with Gasteiger partial charge in [-0.1, -0.05) is 24.6 Å². The molecule has 0 bridgehead atoms. The van der Waals surface area contributed by atoms with E-state index in [0.717, 1.165) is 23.4 Å². The van der Waals surface area contributed by atoms with E-state index in [-0.39, 0.29) is 0 Å². The second-order valence-electron chi connectivity index (χ2n) is 7.11. The first-order chi connectivity index (χ1) is 13.4. The second kappa shape index (κ2) is 7.59. The molecule has 0 spiro atoms. The molecule has 1 aliphatic heterocycles. The van der Waals surface area contributed by atoms with E-state index in [1.165, 1.54) is 17.7 Å². The monoisotopic (exact) mass is 436 g/mol. The van der Waals surface area contributed by atoms with Gasteiger partial charge in [0.15, 0.2) is 0 Å². The van der Waals surface area contributed by atoms with Crippen molar-refractivity contribution in [3.05, 3.63) is 40.5 Å². The molecular formula is C19H21ClN4O2S2. The summed E-state index contributed by atoms with van der Waals surface area (Å²) < 4.78 is 28.5. The molecule has 1 saturated heterocycles. The van der Waals surface area contributed by atoms with Crippen LogP contribution in [0, 0.1) is 12.8 Å². The first-order valence-corrected chi connectivity index (χ1v) is 11.8. The van der Waals surface area contributed by atoms with Crippen molar-refractivity contribution in [1.82, 2.24) is 14.3 Å². The van der Waals surface area contributed by atoms with Gasteiger partial charge in [0, 0.05) is 28.7 Å². The molecule has 3 aromatic rings. The van der Waals surface area contributed by atoms with Gasteiger partial charge >= 0.3 is 0 Å². The van der Waals surface area contributed by atoms with Crippen molar-refractivity contribution in [1.29, 1.82) is 0 Å². The zero-order valence-electron chi connectivity index (χ0n) is 15.6. The lowest BCUT2D eigenvalue weighted by Gasteiger charge is -2.29. The molecule has 1 aliphatic rings. The van der Waals surface area contributed by atoms with Gasteiger partial charge in [0.1, 0.15) is 21.9 Å². The van der Waals surface area contributed by atoms with Crippen LogP contribution < -0.4 is 5.32 Å². The van der Waals surface area contributed by atoms with Gasteiger partial charge in [-0.3, -0.25) is 0 Å². The minimum atomic E-state index is -3.62. The van der Waals surface area contributed by atoms with Crippen LogP contribution in [-0.2, 0) is 10.0 Å². The van der Waals surface area contributed by atoms with Crippen molar-refractivity contribution in [2.24, 2.45) is 5.92 Å². The van der Waals surface area contributed by atoms with Crippen molar-refractivity contribution >= 4 is 54.7 Å². The number of piperidine rings is 1. The summed E-state index contributed by atoms with van der Waals surface area (Å²) in [4.78, 5) is 10.3. The molecule has 28 heavy (non-hydrogen) atoms. The normalized spacial score (nSPS) is 16.5. The largest absolute Gasteiger partial charge is 0.340 e. The van der Waals surface area contributed by atoms with Crippen LogP contribution in [0.15, 0.2) is 35.5 Å². The summed E-state index contributed by atoms with van der Waals surface area (Å²) in [5.41, 5.74) is 0.742. The van der Waals surface area contributed by atoms with Gasteiger partial charge in [0.05, 0.1) is 5.39 Å². The third-order valence-corrected chi connectivity index (χ3v) is 8.49. The molecule has 2 aromatic heterocycles. The topological polar surface area (TPSA) is 75.2 Å². The Morgan fingerprint density at radius 2 is 2.00 bits per heavy atom. The molecule has 4 rings (SSSR count). The lowest BCUT2D eigenvalue weighted by molar-refractivity contribution is 0.288. The van der Waals surface area contributed by atoms with Gasteiger partial charge in [-0.25, -0.2) is 18.4 Å². The van der Waals surface area contributed by atoms with E-state index < -0.39 is 10.0 Å². The average molecular weight is 437 g/mol. The second-order valence-corrected chi connectivity index (χ2v) is 10.6. The Labute approximate surface area is 173 Å². The fraction of sp³-hybridized carbons (Fsp3) is 0.368. The minimum absolute atomic E-state index is 0.312. The zero-order valence-corrected chi connectivity index (χ0v) is 18.0. The summed E-state index contributed by atoms with van der Waals surface area (Å²) >= 11 is 7.45. The number of benzene rings is 1. The summed E-state index contributed by atoms with van der Waals surface area (Å²) in [6.45, 7) is 5.08. The predicted molar refractivity (Wildman–Crippen MR) is 114 cm³/mol. The number of aryl methyl sites for hydroxylation is 1. The van der Waals surface area contributed by atoms with Gasteiger partial charge in [0.25, 0.3) is 0 Å². The molecular weight excluding hydrogens is 416 g/mol. The van der Waals surface area contributed by atoms with Crippen LogP contribution in [0.2, 0.25) is 5.02 Å². The van der Waals surface area contributed by atoms with E-state index in [9.17, 15) is 8.42 Å². The maximum Gasteiger partial charge on any atom is 0.244 e. The third-order valence-electron chi connectivity index (χ3n) is 5.04. The quantitative estimate of drug-likeness (QED) is 0.634. The number of fused-ring (bicyclic) bond motifs is 1. The maximum atomic E-state index is 13.5. The highest BCUT2D eigenvalue weighted by Gasteiger charge is 2.33. The van der Waals surface area contributed by atoms with E-state index in [2.05, 4.69) is 22.2 Å². The average Bonchev–Trinajstić information content (AvgIpc) is 3.00. The Morgan fingerprint density at radius 1 is 1.25 bits per heavy atom. The van der Waals surface area contributed by atoms with Crippen LogP contribution >= 0.6 is 22.9 Å². The molecule has 0 amide bonds. The molecule has 0 atom stereocenters. The highest BCUT2D eigenvalue weighted by atomic mass is 35.5. The molecule has 6 nitrogen and oxygen atoms in total. The van der Waals surface area contributed by atoms with E-state index in [0.29, 0.717) is 45.0 Å². The molecule has 9 heteroatoms.